The minimum atomic E-state index is -3.12. The Hall–Kier alpha value is -1.79. The van der Waals surface area contributed by atoms with Crippen LogP contribution in [-0.2, 0) is 4.74 Å². The van der Waals surface area contributed by atoms with E-state index in [1.54, 1.807) is 0 Å². The topological polar surface area (TPSA) is 59.4 Å². The van der Waals surface area contributed by atoms with Crippen LogP contribution in [0.3, 0.4) is 0 Å². The summed E-state index contributed by atoms with van der Waals surface area (Å²) in [6.45, 7) is 1.50. The molecule has 0 saturated heterocycles. The molecule has 0 aliphatic heterocycles. The summed E-state index contributed by atoms with van der Waals surface area (Å²) in [5.74, 6) is -3.86. The molecule has 1 N–H and O–H groups in total. The van der Waals surface area contributed by atoms with E-state index in [1.165, 1.54) is 6.92 Å². The fraction of sp³-hybridized carbons (Fsp3) is 0.333. The monoisotopic (exact) mass is 235 g/mol. The van der Waals surface area contributed by atoms with E-state index in [9.17, 15) is 18.0 Å². The van der Waals surface area contributed by atoms with Gasteiger partial charge in [-0.3, -0.25) is 0 Å². The largest absolute Gasteiger partial charge is 0.503 e. The maximum atomic E-state index is 13.1. The summed E-state index contributed by atoms with van der Waals surface area (Å²) in [5, 5.41) is 9.15. The van der Waals surface area contributed by atoms with Gasteiger partial charge in [-0.15, -0.1) is 0 Å². The SMILES string of the molecule is CCOC(=O)c1ncc(C(F)F)c(F)c1O. The van der Waals surface area contributed by atoms with Gasteiger partial charge in [0, 0.05) is 6.20 Å². The predicted molar refractivity (Wildman–Crippen MR) is 46.8 cm³/mol. The zero-order chi connectivity index (χ0) is 12.3. The van der Waals surface area contributed by atoms with Crippen molar-refractivity contribution in [3.05, 3.63) is 23.3 Å². The molecule has 7 heteroatoms. The molecule has 0 fully saturated rings. The molecule has 0 aliphatic carbocycles. The lowest BCUT2D eigenvalue weighted by Gasteiger charge is -2.07. The van der Waals surface area contributed by atoms with Gasteiger partial charge < -0.3 is 9.84 Å². The van der Waals surface area contributed by atoms with Crippen molar-refractivity contribution in [2.75, 3.05) is 6.61 Å². The summed E-state index contributed by atoms with van der Waals surface area (Å²) in [6, 6.07) is 0. The minimum absolute atomic E-state index is 0.00181. The first-order valence-corrected chi connectivity index (χ1v) is 4.31. The number of carbonyl (C=O) groups is 1. The molecular formula is C9H8F3NO3. The van der Waals surface area contributed by atoms with Crippen LogP contribution in [0.4, 0.5) is 13.2 Å². The molecule has 4 nitrogen and oxygen atoms in total. The molecule has 0 aliphatic rings. The van der Waals surface area contributed by atoms with Gasteiger partial charge in [-0.2, -0.15) is 0 Å². The van der Waals surface area contributed by atoms with Crippen LogP contribution in [0, 0.1) is 5.82 Å². The van der Waals surface area contributed by atoms with E-state index in [-0.39, 0.29) is 6.61 Å². The van der Waals surface area contributed by atoms with Gasteiger partial charge in [0.1, 0.15) is 0 Å². The van der Waals surface area contributed by atoms with E-state index < -0.39 is 35.2 Å². The summed E-state index contributed by atoms with van der Waals surface area (Å²) in [4.78, 5) is 14.3. The van der Waals surface area contributed by atoms with E-state index >= 15 is 0 Å². The molecule has 0 saturated carbocycles. The molecule has 1 aromatic heterocycles. The molecular weight excluding hydrogens is 227 g/mol. The average Bonchev–Trinajstić information content (AvgIpc) is 2.21. The van der Waals surface area contributed by atoms with Gasteiger partial charge in [-0.05, 0) is 6.92 Å². The van der Waals surface area contributed by atoms with Gasteiger partial charge in [-0.25, -0.2) is 22.9 Å². The average molecular weight is 235 g/mol. The summed E-state index contributed by atoms with van der Waals surface area (Å²) in [7, 11) is 0. The Balaban J connectivity index is 3.16. The van der Waals surface area contributed by atoms with Crippen LogP contribution in [0.5, 0.6) is 5.75 Å². The number of aromatic nitrogens is 1. The standard InChI is InChI=1S/C9H8F3NO3/c1-2-16-9(15)6-7(14)5(10)4(3-13-6)8(11)12/h3,8,14H,2H2,1H3. The molecule has 0 aromatic carbocycles. The molecule has 0 amide bonds. The number of esters is 1. The molecule has 1 heterocycles. The van der Waals surface area contributed by atoms with Crippen molar-refractivity contribution in [2.45, 2.75) is 13.3 Å². The van der Waals surface area contributed by atoms with Crippen LogP contribution < -0.4 is 0 Å². The molecule has 1 aromatic rings. The number of nitrogens with zero attached hydrogens (tertiary/aromatic N) is 1. The summed E-state index contributed by atoms with van der Waals surface area (Å²) < 4.78 is 41.9. The predicted octanol–water partition coefficient (Wildman–Crippen LogP) is 2.04. The summed E-state index contributed by atoms with van der Waals surface area (Å²) in [5.41, 5.74) is -1.78. The third-order valence-corrected chi connectivity index (χ3v) is 1.72. The molecule has 0 atom stereocenters. The van der Waals surface area contributed by atoms with Crippen LogP contribution in [-0.4, -0.2) is 22.7 Å². The lowest BCUT2D eigenvalue weighted by Crippen LogP contribution is -2.09. The van der Waals surface area contributed by atoms with Gasteiger partial charge in [0.2, 0.25) is 0 Å². The highest BCUT2D eigenvalue weighted by atomic mass is 19.3. The smallest absolute Gasteiger partial charge is 0.360 e. The van der Waals surface area contributed by atoms with Crippen LogP contribution in [0.15, 0.2) is 6.20 Å². The number of pyridine rings is 1. The molecule has 0 unspecified atom stereocenters. The van der Waals surface area contributed by atoms with Gasteiger partial charge in [0.15, 0.2) is 17.3 Å². The van der Waals surface area contributed by atoms with Crippen molar-refractivity contribution in [3.63, 3.8) is 0 Å². The molecule has 0 bridgehead atoms. The Bertz CT molecular complexity index is 409. The van der Waals surface area contributed by atoms with Crippen molar-refractivity contribution in [1.82, 2.24) is 4.98 Å². The first-order chi connectivity index (χ1) is 7.49. The first-order valence-electron chi connectivity index (χ1n) is 4.31. The quantitative estimate of drug-likeness (QED) is 0.814. The van der Waals surface area contributed by atoms with Crippen molar-refractivity contribution in [2.24, 2.45) is 0 Å². The number of aromatic hydroxyl groups is 1. The van der Waals surface area contributed by atoms with E-state index in [4.69, 9.17) is 5.11 Å². The van der Waals surface area contributed by atoms with Gasteiger partial charge in [0.05, 0.1) is 12.2 Å². The number of ether oxygens (including phenoxy) is 1. The van der Waals surface area contributed by atoms with Crippen molar-refractivity contribution < 1.29 is 27.8 Å². The maximum Gasteiger partial charge on any atom is 0.360 e. The third-order valence-electron chi connectivity index (χ3n) is 1.72. The maximum absolute atomic E-state index is 13.1. The van der Waals surface area contributed by atoms with Gasteiger partial charge >= 0.3 is 5.97 Å². The molecule has 88 valence electrons. The normalized spacial score (nSPS) is 10.6. The third kappa shape index (κ3) is 2.23. The van der Waals surface area contributed by atoms with E-state index in [0.29, 0.717) is 6.20 Å². The van der Waals surface area contributed by atoms with Gasteiger partial charge in [-0.1, -0.05) is 0 Å². The van der Waals surface area contributed by atoms with Crippen molar-refractivity contribution in [3.8, 4) is 5.75 Å². The second kappa shape index (κ2) is 4.82. The van der Waals surface area contributed by atoms with E-state index in [1.807, 2.05) is 0 Å². The molecule has 16 heavy (non-hydrogen) atoms. The van der Waals surface area contributed by atoms with Crippen LogP contribution >= 0.6 is 0 Å². The fourth-order valence-electron chi connectivity index (χ4n) is 0.994. The lowest BCUT2D eigenvalue weighted by atomic mass is 10.2. The van der Waals surface area contributed by atoms with Gasteiger partial charge in [0.25, 0.3) is 6.43 Å². The second-order valence-electron chi connectivity index (χ2n) is 2.75. The summed E-state index contributed by atoms with van der Waals surface area (Å²) >= 11 is 0. The highest BCUT2D eigenvalue weighted by Gasteiger charge is 2.24. The summed E-state index contributed by atoms with van der Waals surface area (Å²) in [6.07, 6.45) is -2.62. The van der Waals surface area contributed by atoms with Crippen molar-refractivity contribution >= 4 is 5.97 Å². The molecule has 0 spiro atoms. The highest BCUT2D eigenvalue weighted by Crippen LogP contribution is 2.29. The Morgan fingerprint density at radius 1 is 1.62 bits per heavy atom. The second-order valence-corrected chi connectivity index (χ2v) is 2.75. The Kier molecular flexibility index (Phi) is 3.70. The van der Waals surface area contributed by atoms with E-state index in [0.717, 1.165) is 0 Å². The lowest BCUT2D eigenvalue weighted by molar-refractivity contribution is 0.0513. The van der Waals surface area contributed by atoms with Crippen molar-refractivity contribution in [1.29, 1.82) is 0 Å². The number of halogens is 3. The van der Waals surface area contributed by atoms with E-state index in [2.05, 4.69) is 9.72 Å². The number of hydrogen-bond acceptors (Lipinski definition) is 4. The zero-order valence-electron chi connectivity index (χ0n) is 8.21. The number of carbonyl (C=O) groups excluding carboxylic acids is 1. The van der Waals surface area contributed by atoms with Crippen LogP contribution in [0.1, 0.15) is 29.4 Å². The Morgan fingerprint density at radius 3 is 2.75 bits per heavy atom. The number of alkyl halides is 2. The minimum Gasteiger partial charge on any atom is -0.503 e. The number of hydrogen-bond donors (Lipinski definition) is 1. The number of rotatable bonds is 3. The molecule has 1 rings (SSSR count). The fourth-order valence-corrected chi connectivity index (χ4v) is 0.994. The van der Waals surface area contributed by atoms with Crippen LogP contribution in [0.2, 0.25) is 0 Å². The Morgan fingerprint density at radius 2 is 2.25 bits per heavy atom. The highest BCUT2D eigenvalue weighted by molar-refractivity contribution is 5.90. The van der Waals surface area contributed by atoms with Crippen LogP contribution in [0.25, 0.3) is 0 Å². The zero-order valence-corrected chi connectivity index (χ0v) is 8.21. The molecule has 0 radical (unpaired) electrons. The Labute approximate surface area is 88.7 Å². The first kappa shape index (κ1) is 12.3.